The second kappa shape index (κ2) is 6.19. The fraction of sp³-hybridized carbons (Fsp3) is 0.143. The van der Waals surface area contributed by atoms with E-state index in [0.29, 0.717) is 28.9 Å². The first-order chi connectivity index (χ1) is 12.6. The zero-order valence-corrected chi connectivity index (χ0v) is 14.2. The molecule has 4 rings (SSSR count). The number of amides is 1. The quantitative estimate of drug-likeness (QED) is 0.734. The van der Waals surface area contributed by atoms with Crippen molar-refractivity contribution >= 4 is 16.9 Å². The summed E-state index contributed by atoms with van der Waals surface area (Å²) in [5.74, 6) is 0.335. The number of fused-ring (bicyclic) bond motifs is 2. The van der Waals surface area contributed by atoms with Crippen molar-refractivity contribution in [2.24, 2.45) is 0 Å². The lowest BCUT2D eigenvalue weighted by atomic mass is 9.99. The van der Waals surface area contributed by atoms with Gasteiger partial charge in [0.1, 0.15) is 17.9 Å². The van der Waals surface area contributed by atoms with Gasteiger partial charge in [-0.2, -0.15) is 0 Å². The SMILES string of the molecule is C=CCOc1cccc(C2NC(=O)c3oc4ccc(C)cc4c(=O)c32)c1. The molecule has 1 atom stereocenters. The number of carbonyl (C=O) groups excluding carboxylic acids is 1. The van der Waals surface area contributed by atoms with E-state index in [9.17, 15) is 9.59 Å². The molecule has 0 fully saturated rings. The average Bonchev–Trinajstić information content (AvgIpc) is 2.98. The van der Waals surface area contributed by atoms with Gasteiger partial charge in [0.25, 0.3) is 5.91 Å². The van der Waals surface area contributed by atoms with E-state index in [2.05, 4.69) is 11.9 Å². The molecule has 1 aliphatic heterocycles. The molecule has 5 heteroatoms. The third-order valence-corrected chi connectivity index (χ3v) is 4.41. The van der Waals surface area contributed by atoms with Gasteiger partial charge >= 0.3 is 0 Å². The fourth-order valence-electron chi connectivity index (χ4n) is 3.21. The maximum absolute atomic E-state index is 13.1. The topological polar surface area (TPSA) is 68.5 Å². The summed E-state index contributed by atoms with van der Waals surface area (Å²) in [4.78, 5) is 25.4. The average molecular weight is 347 g/mol. The molecule has 1 unspecified atom stereocenters. The molecule has 0 saturated heterocycles. The second-order valence-electron chi connectivity index (χ2n) is 6.25. The molecule has 26 heavy (non-hydrogen) atoms. The molecule has 1 aromatic heterocycles. The number of aryl methyl sites for hydroxylation is 1. The van der Waals surface area contributed by atoms with Crippen LogP contribution in [-0.4, -0.2) is 12.5 Å². The van der Waals surface area contributed by atoms with E-state index < -0.39 is 6.04 Å². The minimum atomic E-state index is -0.564. The van der Waals surface area contributed by atoms with Gasteiger partial charge in [0.15, 0.2) is 5.43 Å². The molecule has 0 aliphatic carbocycles. The van der Waals surface area contributed by atoms with Crippen molar-refractivity contribution in [3.63, 3.8) is 0 Å². The van der Waals surface area contributed by atoms with E-state index in [0.717, 1.165) is 11.1 Å². The molecule has 130 valence electrons. The zero-order chi connectivity index (χ0) is 18.3. The van der Waals surface area contributed by atoms with Gasteiger partial charge in [0.05, 0.1) is 17.0 Å². The first-order valence-electron chi connectivity index (χ1n) is 8.30. The Balaban J connectivity index is 1.87. The normalized spacial score (nSPS) is 15.6. The number of carbonyl (C=O) groups is 1. The van der Waals surface area contributed by atoms with Crippen LogP contribution in [0.4, 0.5) is 0 Å². The maximum Gasteiger partial charge on any atom is 0.288 e. The first-order valence-corrected chi connectivity index (χ1v) is 8.30. The monoisotopic (exact) mass is 347 g/mol. The Morgan fingerprint density at radius 1 is 1.23 bits per heavy atom. The highest BCUT2D eigenvalue weighted by Crippen LogP contribution is 2.32. The predicted molar refractivity (Wildman–Crippen MR) is 98.7 cm³/mol. The number of rotatable bonds is 4. The van der Waals surface area contributed by atoms with Gasteiger partial charge in [-0.05, 0) is 36.8 Å². The highest BCUT2D eigenvalue weighted by Gasteiger charge is 2.36. The smallest absolute Gasteiger partial charge is 0.288 e. The van der Waals surface area contributed by atoms with Gasteiger partial charge in [0, 0.05) is 0 Å². The Morgan fingerprint density at radius 2 is 2.08 bits per heavy atom. The number of hydrogen-bond donors (Lipinski definition) is 1. The van der Waals surface area contributed by atoms with Crippen LogP contribution in [0.25, 0.3) is 11.0 Å². The largest absolute Gasteiger partial charge is 0.490 e. The molecule has 0 radical (unpaired) electrons. The molecular weight excluding hydrogens is 330 g/mol. The summed E-state index contributed by atoms with van der Waals surface area (Å²) < 4.78 is 11.3. The van der Waals surface area contributed by atoms with Crippen molar-refractivity contribution < 1.29 is 13.9 Å². The summed E-state index contributed by atoms with van der Waals surface area (Å²) in [6.07, 6.45) is 1.66. The molecule has 5 nitrogen and oxygen atoms in total. The number of ether oxygens (including phenoxy) is 1. The van der Waals surface area contributed by atoms with Gasteiger partial charge in [0.2, 0.25) is 5.76 Å². The Hall–Kier alpha value is -3.34. The van der Waals surface area contributed by atoms with Crippen molar-refractivity contribution in [2.45, 2.75) is 13.0 Å². The van der Waals surface area contributed by atoms with E-state index in [1.165, 1.54) is 0 Å². The van der Waals surface area contributed by atoms with E-state index in [1.807, 2.05) is 37.3 Å². The number of hydrogen-bond acceptors (Lipinski definition) is 4. The molecule has 3 aromatic rings. The van der Waals surface area contributed by atoms with E-state index >= 15 is 0 Å². The lowest BCUT2D eigenvalue weighted by Crippen LogP contribution is -2.22. The zero-order valence-electron chi connectivity index (χ0n) is 14.2. The van der Waals surface area contributed by atoms with Crippen LogP contribution in [-0.2, 0) is 0 Å². The standard InChI is InChI=1S/C21H17NO4/c1-3-9-25-14-6-4-5-13(11-14)18-17-19(23)15-10-12(2)7-8-16(15)26-20(17)21(24)22-18/h3-8,10-11,18H,1,9H2,2H3,(H,22,24). The summed E-state index contributed by atoms with van der Waals surface area (Å²) >= 11 is 0. The predicted octanol–water partition coefficient (Wildman–Crippen LogP) is 3.50. The van der Waals surface area contributed by atoms with Crippen molar-refractivity contribution in [1.29, 1.82) is 0 Å². The van der Waals surface area contributed by atoms with Crippen molar-refractivity contribution in [3.05, 3.63) is 87.8 Å². The third-order valence-electron chi connectivity index (χ3n) is 4.41. The Morgan fingerprint density at radius 3 is 2.88 bits per heavy atom. The first kappa shape index (κ1) is 16.1. The highest BCUT2D eigenvalue weighted by atomic mass is 16.5. The Kier molecular flexibility index (Phi) is 3.84. The molecule has 1 aliphatic rings. The van der Waals surface area contributed by atoms with Crippen LogP contribution in [0, 0.1) is 6.92 Å². The van der Waals surface area contributed by atoms with Crippen molar-refractivity contribution in [2.75, 3.05) is 6.61 Å². The summed E-state index contributed by atoms with van der Waals surface area (Å²) in [5.41, 5.74) is 2.29. The summed E-state index contributed by atoms with van der Waals surface area (Å²) in [7, 11) is 0. The second-order valence-corrected chi connectivity index (χ2v) is 6.25. The van der Waals surface area contributed by atoms with Gasteiger partial charge in [-0.15, -0.1) is 0 Å². The van der Waals surface area contributed by atoms with Gasteiger partial charge < -0.3 is 14.5 Å². The van der Waals surface area contributed by atoms with Crippen LogP contribution in [0.15, 0.2) is 64.3 Å². The highest BCUT2D eigenvalue weighted by molar-refractivity contribution is 5.99. The summed E-state index contributed by atoms with van der Waals surface area (Å²) in [5, 5.41) is 3.32. The number of benzene rings is 2. The van der Waals surface area contributed by atoms with Crippen LogP contribution in [0.1, 0.15) is 33.3 Å². The fourth-order valence-corrected chi connectivity index (χ4v) is 3.21. The maximum atomic E-state index is 13.1. The van der Waals surface area contributed by atoms with Gasteiger partial charge in [-0.1, -0.05) is 36.4 Å². The van der Waals surface area contributed by atoms with Gasteiger partial charge in [-0.25, -0.2) is 0 Å². The minimum absolute atomic E-state index is 0.0776. The summed E-state index contributed by atoms with van der Waals surface area (Å²) in [6, 6.07) is 12.1. The molecule has 0 bridgehead atoms. The third kappa shape index (κ3) is 2.58. The minimum Gasteiger partial charge on any atom is -0.490 e. The Bertz CT molecular complexity index is 1100. The molecule has 0 spiro atoms. The lowest BCUT2D eigenvalue weighted by Gasteiger charge is -2.13. The number of nitrogens with one attached hydrogen (secondary N) is 1. The molecular formula is C21H17NO4. The van der Waals surface area contributed by atoms with Crippen LogP contribution < -0.4 is 15.5 Å². The van der Waals surface area contributed by atoms with E-state index in [4.69, 9.17) is 9.15 Å². The van der Waals surface area contributed by atoms with Crippen molar-refractivity contribution in [1.82, 2.24) is 5.32 Å². The molecule has 1 amide bonds. The summed E-state index contributed by atoms with van der Waals surface area (Å²) in [6.45, 7) is 5.92. The van der Waals surface area contributed by atoms with Crippen LogP contribution in [0.3, 0.4) is 0 Å². The van der Waals surface area contributed by atoms with Crippen LogP contribution in [0.2, 0.25) is 0 Å². The molecule has 0 saturated carbocycles. The van der Waals surface area contributed by atoms with Crippen LogP contribution in [0.5, 0.6) is 5.75 Å². The lowest BCUT2D eigenvalue weighted by molar-refractivity contribution is 0.0938. The van der Waals surface area contributed by atoms with E-state index in [1.54, 1.807) is 18.2 Å². The molecule has 2 heterocycles. The molecule has 2 aromatic carbocycles. The van der Waals surface area contributed by atoms with Gasteiger partial charge in [-0.3, -0.25) is 9.59 Å². The Labute approximate surface area is 149 Å². The van der Waals surface area contributed by atoms with Crippen LogP contribution >= 0.6 is 0 Å². The van der Waals surface area contributed by atoms with E-state index in [-0.39, 0.29) is 17.1 Å². The van der Waals surface area contributed by atoms with Crippen molar-refractivity contribution in [3.8, 4) is 5.75 Å². The molecule has 1 N–H and O–H groups in total.